The van der Waals surface area contributed by atoms with E-state index in [0.29, 0.717) is 0 Å². The number of aliphatic carboxylic acids is 1. The molecule has 0 radical (unpaired) electrons. The summed E-state index contributed by atoms with van der Waals surface area (Å²) in [6.45, 7) is 4.50. The fourth-order valence-corrected chi connectivity index (χ4v) is 3.00. The topological polar surface area (TPSA) is 37.3 Å². The molecule has 0 saturated heterocycles. The number of carboxylic acids is 1. The van der Waals surface area contributed by atoms with Crippen molar-refractivity contribution in [1.29, 1.82) is 0 Å². The summed E-state index contributed by atoms with van der Waals surface area (Å²) in [5, 5.41) is 8.88. The van der Waals surface area contributed by atoms with Gasteiger partial charge in [0.1, 0.15) is 0 Å². The van der Waals surface area contributed by atoms with E-state index in [4.69, 9.17) is 5.11 Å². The lowest BCUT2D eigenvalue weighted by Gasteiger charge is -2.08. The highest BCUT2D eigenvalue weighted by Gasteiger charge is 2.01. The summed E-state index contributed by atoms with van der Waals surface area (Å²) in [5.74, 6) is -0.704. The third-order valence-corrected chi connectivity index (χ3v) is 4.52. The molecule has 0 aromatic rings. The Morgan fingerprint density at radius 1 is 0.696 bits per heavy atom. The van der Waals surface area contributed by atoms with Crippen molar-refractivity contribution in [2.24, 2.45) is 0 Å². The van der Waals surface area contributed by atoms with Gasteiger partial charge in [-0.2, -0.15) is 0 Å². The Morgan fingerprint density at radius 2 is 1.09 bits per heavy atom. The Morgan fingerprint density at radius 3 is 1.48 bits per heavy atom. The average Bonchev–Trinajstić information content (AvgIpc) is 2.53. The van der Waals surface area contributed by atoms with E-state index in [-0.39, 0.29) is 6.42 Å². The predicted molar refractivity (Wildman–Crippen MR) is 101 cm³/mol. The first-order valence-electron chi connectivity index (χ1n) is 10.1. The zero-order valence-corrected chi connectivity index (χ0v) is 15.7. The van der Waals surface area contributed by atoms with Crippen LogP contribution in [0.1, 0.15) is 117 Å². The summed E-state index contributed by atoms with van der Waals surface area (Å²) in [4.78, 5) is 10.8. The van der Waals surface area contributed by atoms with Crippen molar-refractivity contribution in [2.75, 3.05) is 0 Å². The molecule has 0 spiro atoms. The van der Waals surface area contributed by atoms with E-state index in [1.807, 2.05) is 6.08 Å². The number of allylic oxidation sites excluding steroid dienone is 1. The quantitative estimate of drug-likeness (QED) is 0.225. The second kappa shape index (κ2) is 17.6. The van der Waals surface area contributed by atoms with Gasteiger partial charge in [0.05, 0.1) is 6.42 Å². The van der Waals surface area contributed by atoms with Crippen molar-refractivity contribution < 1.29 is 9.90 Å². The van der Waals surface area contributed by atoms with Gasteiger partial charge in [-0.05, 0) is 25.7 Å². The van der Waals surface area contributed by atoms with Crippen molar-refractivity contribution >= 4 is 5.97 Å². The molecule has 1 N–H and O–H groups in total. The first-order chi connectivity index (χ1) is 11.2. The molecule has 0 amide bonds. The average molecular weight is 325 g/mol. The molecule has 0 unspecified atom stereocenters. The van der Waals surface area contributed by atoms with E-state index in [2.05, 4.69) is 13.8 Å². The zero-order chi connectivity index (χ0) is 17.2. The first kappa shape index (κ1) is 22.2. The molecule has 2 heteroatoms. The van der Waals surface area contributed by atoms with Crippen molar-refractivity contribution in [1.82, 2.24) is 0 Å². The maximum absolute atomic E-state index is 10.8. The number of carbonyl (C=O) groups is 1. The highest BCUT2D eigenvalue weighted by atomic mass is 16.4. The van der Waals surface area contributed by atoms with Gasteiger partial charge in [0.15, 0.2) is 0 Å². The molecule has 0 aromatic carbocycles. The molecule has 0 heterocycles. The van der Waals surface area contributed by atoms with Crippen molar-refractivity contribution in [3.8, 4) is 0 Å². The molecule has 0 aliphatic carbocycles. The van der Waals surface area contributed by atoms with Gasteiger partial charge in [-0.3, -0.25) is 4.79 Å². The minimum atomic E-state index is -0.704. The smallest absolute Gasteiger partial charge is 0.307 e. The van der Waals surface area contributed by atoms with Gasteiger partial charge >= 0.3 is 5.97 Å². The van der Waals surface area contributed by atoms with Crippen LogP contribution in [0.15, 0.2) is 11.6 Å². The molecule has 2 nitrogen and oxygen atoms in total. The third kappa shape index (κ3) is 17.4. The molecule has 0 aromatic heterocycles. The highest BCUT2D eigenvalue weighted by molar-refractivity contribution is 5.68. The Labute approximate surface area is 144 Å². The van der Waals surface area contributed by atoms with Crippen LogP contribution < -0.4 is 0 Å². The van der Waals surface area contributed by atoms with Gasteiger partial charge in [0.25, 0.3) is 0 Å². The molecule has 0 atom stereocenters. The number of rotatable bonds is 17. The highest BCUT2D eigenvalue weighted by Crippen LogP contribution is 2.19. The monoisotopic (exact) mass is 324 g/mol. The van der Waals surface area contributed by atoms with Gasteiger partial charge in [-0.1, -0.05) is 96.1 Å². The van der Waals surface area contributed by atoms with Crippen molar-refractivity contribution in [2.45, 2.75) is 117 Å². The second-order valence-electron chi connectivity index (χ2n) is 6.85. The van der Waals surface area contributed by atoms with Gasteiger partial charge in [0.2, 0.25) is 0 Å². The standard InChI is InChI=1S/C21H40O2/c1-3-5-7-9-11-13-15-17-20(18-19-21(22)23)16-14-12-10-8-6-4-2/h18H,3-17,19H2,1-2H3,(H,22,23). The Kier molecular flexibility index (Phi) is 17.0. The van der Waals surface area contributed by atoms with Crippen LogP contribution in [0.4, 0.5) is 0 Å². The molecule has 0 bridgehead atoms. The van der Waals surface area contributed by atoms with Crippen LogP contribution in [0.3, 0.4) is 0 Å². The summed E-state index contributed by atoms with van der Waals surface area (Å²) in [6, 6.07) is 0. The van der Waals surface area contributed by atoms with Crippen LogP contribution in [-0.2, 0) is 4.79 Å². The van der Waals surface area contributed by atoms with Crippen LogP contribution in [0.5, 0.6) is 0 Å². The van der Waals surface area contributed by atoms with Gasteiger partial charge < -0.3 is 5.11 Å². The third-order valence-electron chi connectivity index (χ3n) is 4.52. The Hall–Kier alpha value is -0.790. The predicted octanol–water partition coefficient (Wildman–Crippen LogP) is 7.28. The lowest BCUT2D eigenvalue weighted by Crippen LogP contribution is -1.94. The normalized spacial score (nSPS) is 11.8. The fourth-order valence-electron chi connectivity index (χ4n) is 3.00. The number of hydrogen-bond acceptors (Lipinski definition) is 1. The number of hydrogen-bond donors (Lipinski definition) is 1. The molecule has 0 fully saturated rings. The first-order valence-corrected chi connectivity index (χ1v) is 10.1. The van der Waals surface area contributed by atoms with E-state index in [9.17, 15) is 4.79 Å². The van der Waals surface area contributed by atoms with Crippen molar-refractivity contribution in [3.63, 3.8) is 0 Å². The van der Waals surface area contributed by atoms with Crippen LogP contribution in [0, 0.1) is 0 Å². The summed E-state index contributed by atoms with van der Waals surface area (Å²) < 4.78 is 0. The van der Waals surface area contributed by atoms with Gasteiger partial charge in [-0.25, -0.2) is 0 Å². The lowest BCUT2D eigenvalue weighted by molar-refractivity contribution is -0.136. The molecule has 136 valence electrons. The Balaban J connectivity index is 3.83. The van der Waals surface area contributed by atoms with E-state index < -0.39 is 5.97 Å². The molecular weight excluding hydrogens is 284 g/mol. The van der Waals surface area contributed by atoms with E-state index in [1.54, 1.807) is 0 Å². The molecule has 23 heavy (non-hydrogen) atoms. The summed E-state index contributed by atoms with van der Waals surface area (Å²) in [7, 11) is 0. The SMILES string of the molecule is CCCCCCCCCC(=CCC(=O)O)CCCCCCCC. The number of carboxylic acid groups (broad SMARTS) is 1. The molecule has 0 saturated carbocycles. The fraction of sp³-hybridized carbons (Fsp3) is 0.857. The zero-order valence-electron chi connectivity index (χ0n) is 15.7. The molecular formula is C21H40O2. The van der Waals surface area contributed by atoms with Crippen LogP contribution in [0.2, 0.25) is 0 Å². The minimum absolute atomic E-state index is 0.196. The van der Waals surface area contributed by atoms with E-state index >= 15 is 0 Å². The summed E-state index contributed by atoms with van der Waals surface area (Å²) in [5.41, 5.74) is 1.39. The minimum Gasteiger partial charge on any atom is -0.481 e. The summed E-state index contributed by atoms with van der Waals surface area (Å²) >= 11 is 0. The lowest BCUT2D eigenvalue weighted by atomic mass is 9.98. The van der Waals surface area contributed by atoms with Crippen molar-refractivity contribution in [3.05, 3.63) is 11.6 Å². The summed E-state index contributed by atoms with van der Waals surface area (Å²) in [6.07, 6.45) is 21.5. The van der Waals surface area contributed by atoms with Gasteiger partial charge in [-0.15, -0.1) is 0 Å². The van der Waals surface area contributed by atoms with Crippen LogP contribution in [0.25, 0.3) is 0 Å². The van der Waals surface area contributed by atoms with E-state index in [0.717, 1.165) is 12.8 Å². The molecule has 0 aliphatic heterocycles. The van der Waals surface area contributed by atoms with Crippen LogP contribution in [-0.4, -0.2) is 11.1 Å². The van der Waals surface area contributed by atoms with Crippen LogP contribution >= 0.6 is 0 Å². The number of unbranched alkanes of at least 4 members (excludes halogenated alkanes) is 11. The maximum atomic E-state index is 10.8. The van der Waals surface area contributed by atoms with E-state index in [1.165, 1.54) is 89.0 Å². The second-order valence-corrected chi connectivity index (χ2v) is 6.85. The van der Waals surface area contributed by atoms with Gasteiger partial charge in [0, 0.05) is 0 Å². The molecule has 0 aliphatic rings. The maximum Gasteiger partial charge on any atom is 0.307 e. The largest absolute Gasteiger partial charge is 0.481 e. The Bertz CT molecular complexity index is 294. The molecule has 0 rings (SSSR count).